The predicted octanol–water partition coefficient (Wildman–Crippen LogP) is 2.92. The third-order valence-corrected chi connectivity index (χ3v) is 3.01. The molecule has 0 fully saturated rings. The first-order valence-corrected chi connectivity index (χ1v) is 6.80. The molecule has 2 aromatic heterocycles. The van der Waals surface area contributed by atoms with Gasteiger partial charge in [-0.05, 0) is 23.8 Å². The zero-order valence-electron chi connectivity index (χ0n) is 11.8. The largest absolute Gasteiger partial charge is 0.321 e. The van der Waals surface area contributed by atoms with E-state index in [0.717, 1.165) is 11.4 Å². The molecule has 1 N–H and O–H groups in total. The lowest BCUT2D eigenvalue weighted by Gasteiger charge is -2.04. The van der Waals surface area contributed by atoms with Gasteiger partial charge in [0.1, 0.15) is 12.1 Å². The lowest BCUT2D eigenvalue weighted by Crippen LogP contribution is -2.08. The Hall–Kier alpha value is -3.21. The van der Waals surface area contributed by atoms with Crippen LogP contribution in [0.5, 0.6) is 0 Å². The van der Waals surface area contributed by atoms with Crippen LogP contribution in [0.2, 0.25) is 0 Å². The zero-order valence-corrected chi connectivity index (χ0v) is 11.8. The van der Waals surface area contributed by atoms with Crippen molar-refractivity contribution in [1.82, 2.24) is 14.5 Å². The number of pyridine rings is 1. The monoisotopic (exact) mass is 290 g/mol. The van der Waals surface area contributed by atoms with Gasteiger partial charge in [0.05, 0.1) is 11.9 Å². The predicted molar refractivity (Wildman–Crippen MR) is 85.5 cm³/mol. The molecule has 0 radical (unpaired) electrons. The zero-order chi connectivity index (χ0) is 15.2. The molecular formula is C17H14N4O. The summed E-state index contributed by atoms with van der Waals surface area (Å²) in [5.74, 6) is 0.552. The van der Waals surface area contributed by atoms with Crippen LogP contribution in [0.4, 0.5) is 5.69 Å². The quantitative estimate of drug-likeness (QED) is 0.752. The number of rotatable bonds is 4. The van der Waals surface area contributed by atoms with Crippen molar-refractivity contribution in [1.29, 1.82) is 0 Å². The van der Waals surface area contributed by atoms with E-state index in [4.69, 9.17) is 0 Å². The van der Waals surface area contributed by atoms with Crippen LogP contribution in [0, 0.1) is 0 Å². The van der Waals surface area contributed by atoms with Gasteiger partial charge in [-0.1, -0.05) is 30.3 Å². The van der Waals surface area contributed by atoms with Gasteiger partial charge in [0.2, 0.25) is 5.91 Å². The molecule has 0 unspecified atom stereocenters. The molecule has 1 amide bonds. The van der Waals surface area contributed by atoms with Crippen molar-refractivity contribution in [3.05, 3.63) is 79.0 Å². The first kappa shape index (κ1) is 13.8. The molecule has 0 aliphatic rings. The minimum absolute atomic E-state index is 0.193. The van der Waals surface area contributed by atoms with Gasteiger partial charge in [-0.3, -0.25) is 9.36 Å². The van der Waals surface area contributed by atoms with Crippen molar-refractivity contribution < 1.29 is 4.79 Å². The molecule has 2 heterocycles. The van der Waals surface area contributed by atoms with Crippen LogP contribution in [-0.2, 0) is 4.79 Å². The number of hydrogen-bond donors (Lipinski definition) is 1. The van der Waals surface area contributed by atoms with E-state index in [9.17, 15) is 4.79 Å². The van der Waals surface area contributed by atoms with Gasteiger partial charge in [0, 0.05) is 18.5 Å². The van der Waals surface area contributed by atoms with Crippen LogP contribution in [0.25, 0.3) is 11.9 Å². The average molecular weight is 290 g/mol. The van der Waals surface area contributed by atoms with Crippen LogP contribution in [-0.4, -0.2) is 20.4 Å². The van der Waals surface area contributed by atoms with Gasteiger partial charge < -0.3 is 5.32 Å². The molecule has 0 saturated carbocycles. The highest BCUT2D eigenvalue weighted by Crippen LogP contribution is 2.10. The minimum atomic E-state index is -0.193. The maximum absolute atomic E-state index is 11.9. The second-order valence-electron chi connectivity index (χ2n) is 4.61. The molecule has 3 rings (SSSR count). The van der Waals surface area contributed by atoms with Crippen LogP contribution >= 0.6 is 0 Å². The summed E-state index contributed by atoms with van der Waals surface area (Å²) in [5.41, 5.74) is 1.62. The Labute approximate surface area is 128 Å². The smallest absolute Gasteiger partial charge is 0.248 e. The lowest BCUT2D eigenvalue weighted by molar-refractivity contribution is -0.111. The number of carbonyl (C=O) groups excluding carboxylic acids is 1. The number of hydrogen-bond acceptors (Lipinski definition) is 3. The average Bonchev–Trinajstić information content (AvgIpc) is 3.09. The Balaban J connectivity index is 1.63. The van der Waals surface area contributed by atoms with E-state index in [0.29, 0.717) is 5.69 Å². The van der Waals surface area contributed by atoms with E-state index < -0.39 is 0 Å². The fourth-order valence-electron chi connectivity index (χ4n) is 1.93. The van der Waals surface area contributed by atoms with Crippen molar-refractivity contribution in [2.75, 3.05) is 5.32 Å². The van der Waals surface area contributed by atoms with Gasteiger partial charge in [0.15, 0.2) is 0 Å². The van der Waals surface area contributed by atoms with Crippen molar-refractivity contribution >= 4 is 17.7 Å². The van der Waals surface area contributed by atoms with Crippen LogP contribution in [0.3, 0.4) is 0 Å². The Morgan fingerprint density at radius 3 is 2.68 bits per heavy atom. The lowest BCUT2D eigenvalue weighted by atomic mass is 10.2. The second kappa shape index (κ2) is 6.49. The number of carbonyl (C=O) groups is 1. The molecule has 0 spiro atoms. The van der Waals surface area contributed by atoms with Gasteiger partial charge in [-0.25, -0.2) is 9.97 Å². The van der Waals surface area contributed by atoms with Crippen LogP contribution in [0.1, 0.15) is 5.56 Å². The molecule has 5 heteroatoms. The summed E-state index contributed by atoms with van der Waals surface area (Å²) in [6, 6.07) is 13.3. The van der Waals surface area contributed by atoms with Gasteiger partial charge in [-0.15, -0.1) is 0 Å². The highest BCUT2D eigenvalue weighted by atomic mass is 16.1. The number of nitrogens with one attached hydrogen (secondary N) is 1. The molecule has 0 bridgehead atoms. The highest BCUT2D eigenvalue weighted by Gasteiger charge is 2.00. The number of anilines is 1. The van der Waals surface area contributed by atoms with Crippen molar-refractivity contribution in [2.45, 2.75) is 0 Å². The van der Waals surface area contributed by atoms with Crippen LogP contribution < -0.4 is 5.32 Å². The van der Waals surface area contributed by atoms with E-state index in [1.165, 1.54) is 6.08 Å². The Morgan fingerprint density at radius 2 is 2.00 bits per heavy atom. The van der Waals surface area contributed by atoms with E-state index in [1.54, 1.807) is 35.4 Å². The summed E-state index contributed by atoms with van der Waals surface area (Å²) >= 11 is 0. The van der Waals surface area contributed by atoms with Crippen molar-refractivity contribution in [3.63, 3.8) is 0 Å². The summed E-state index contributed by atoms with van der Waals surface area (Å²) in [4.78, 5) is 20.1. The third-order valence-electron chi connectivity index (χ3n) is 3.01. The molecule has 0 aliphatic heterocycles. The molecule has 108 valence electrons. The molecule has 0 saturated heterocycles. The fraction of sp³-hybridized carbons (Fsp3) is 0. The van der Waals surface area contributed by atoms with E-state index in [-0.39, 0.29) is 5.91 Å². The summed E-state index contributed by atoms with van der Waals surface area (Å²) in [6.45, 7) is 0. The Morgan fingerprint density at radius 1 is 1.14 bits per heavy atom. The molecular weight excluding hydrogens is 276 g/mol. The summed E-state index contributed by atoms with van der Waals surface area (Å²) in [7, 11) is 0. The summed E-state index contributed by atoms with van der Waals surface area (Å²) in [5, 5.41) is 2.77. The van der Waals surface area contributed by atoms with E-state index in [2.05, 4.69) is 15.3 Å². The van der Waals surface area contributed by atoms with E-state index >= 15 is 0 Å². The van der Waals surface area contributed by atoms with Gasteiger partial charge >= 0.3 is 0 Å². The van der Waals surface area contributed by atoms with Crippen molar-refractivity contribution in [2.24, 2.45) is 0 Å². The van der Waals surface area contributed by atoms with Crippen LogP contribution in [0.15, 0.2) is 73.5 Å². The van der Waals surface area contributed by atoms with Gasteiger partial charge in [0.25, 0.3) is 0 Å². The normalized spacial score (nSPS) is 10.7. The first-order valence-electron chi connectivity index (χ1n) is 6.80. The molecule has 0 aliphatic carbocycles. The Bertz CT molecular complexity index is 762. The first-order chi connectivity index (χ1) is 10.8. The molecule has 5 nitrogen and oxygen atoms in total. The molecule has 0 atom stereocenters. The highest BCUT2D eigenvalue weighted by molar-refractivity contribution is 6.01. The maximum Gasteiger partial charge on any atom is 0.248 e. The van der Waals surface area contributed by atoms with E-state index in [1.807, 2.05) is 42.6 Å². The number of amides is 1. The molecule has 22 heavy (non-hydrogen) atoms. The molecule has 3 aromatic rings. The maximum atomic E-state index is 11.9. The topological polar surface area (TPSA) is 59.8 Å². The fourth-order valence-corrected chi connectivity index (χ4v) is 1.93. The summed E-state index contributed by atoms with van der Waals surface area (Å²) in [6.07, 6.45) is 10.0. The minimum Gasteiger partial charge on any atom is -0.321 e. The SMILES string of the molecule is O=C(/C=C\c1ccccc1)Nc1ccc(-n2ccnc2)nc1. The second-order valence-corrected chi connectivity index (χ2v) is 4.61. The summed E-state index contributed by atoms with van der Waals surface area (Å²) < 4.78 is 1.79. The number of benzene rings is 1. The van der Waals surface area contributed by atoms with Gasteiger partial charge in [-0.2, -0.15) is 0 Å². The number of aromatic nitrogens is 3. The Kier molecular flexibility index (Phi) is 4.06. The number of imidazole rings is 1. The third kappa shape index (κ3) is 3.46. The number of nitrogens with zero attached hydrogens (tertiary/aromatic N) is 3. The van der Waals surface area contributed by atoms with Crippen molar-refractivity contribution in [3.8, 4) is 5.82 Å². The molecule has 1 aromatic carbocycles. The standard InChI is InChI=1S/C17H14N4O/c22-17(9-6-14-4-2-1-3-5-14)20-15-7-8-16(19-12-15)21-11-10-18-13-21/h1-13H,(H,20,22)/b9-6-.